The summed E-state index contributed by atoms with van der Waals surface area (Å²) in [7, 11) is 1.85. The predicted molar refractivity (Wildman–Crippen MR) is 123 cm³/mol. The SMILES string of the molecule is CCCCc1c(-c2c(C)n(C)n(-c3ccccc3)c2=O)c(C(N)=O)c(C)n1CCCO. The average molecular weight is 425 g/mol. The van der Waals surface area contributed by atoms with Crippen LogP contribution in [0.15, 0.2) is 35.1 Å². The standard InChI is InChI=1S/C24H32N4O3/c1-5-6-13-19-22(20(23(25)30)17(3)27(19)14-10-15-29)21-16(2)26(4)28(24(21)31)18-11-8-7-9-12-18/h7-9,11-12,29H,5-6,10,13-15H2,1-4H3,(H2,25,30). The predicted octanol–water partition coefficient (Wildman–Crippen LogP) is 3.09. The van der Waals surface area contributed by atoms with Crippen molar-refractivity contribution in [2.45, 2.75) is 53.0 Å². The van der Waals surface area contributed by atoms with Crippen molar-refractivity contribution >= 4 is 5.91 Å². The number of aliphatic hydroxyl groups excluding tert-OH is 1. The Balaban J connectivity index is 2.37. The summed E-state index contributed by atoms with van der Waals surface area (Å²) in [5.74, 6) is -0.540. The zero-order valence-corrected chi connectivity index (χ0v) is 18.8. The van der Waals surface area contributed by atoms with Gasteiger partial charge in [0, 0.05) is 42.8 Å². The molecule has 0 aliphatic carbocycles. The van der Waals surface area contributed by atoms with Crippen LogP contribution in [0.5, 0.6) is 0 Å². The lowest BCUT2D eigenvalue weighted by molar-refractivity contribution is 0.1000. The third-order valence-electron chi connectivity index (χ3n) is 5.99. The van der Waals surface area contributed by atoms with Gasteiger partial charge >= 0.3 is 0 Å². The van der Waals surface area contributed by atoms with E-state index in [1.807, 2.05) is 55.9 Å². The van der Waals surface area contributed by atoms with E-state index in [1.165, 1.54) is 0 Å². The lowest BCUT2D eigenvalue weighted by Gasteiger charge is -2.12. The van der Waals surface area contributed by atoms with Crippen molar-refractivity contribution in [1.82, 2.24) is 13.9 Å². The van der Waals surface area contributed by atoms with Crippen molar-refractivity contribution in [3.8, 4) is 16.8 Å². The van der Waals surface area contributed by atoms with E-state index < -0.39 is 5.91 Å². The molecule has 0 bridgehead atoms. The highest BCUT2D eigenvalue weighted by molar-refractivity contribution is 6.02. The average Bonchev–Trinajstić information content (AvgIpc) is 3.14. The maximum absolute atomic E-state index is 13.7. The molecule has 3 aromatic rings. The fourth-order valence-corrected chi connectivity index (χ4v) is 4.36. The van der Waals surface area contributed by atoms with E-state index in [1.54, 1.807) is 4.68 Å². The van der Waals surface area contributed by atoms with Gasteiger partial charge in [-0.05, 0) is 45.2 Å². The molecule has 0 unspecified atom stereocenters. The number of hydrogen-bond donors (Lipinski definition) is 2. The van der Waals surface area contributed by atoms with Crippen LogP contribution in [0, 0.1) is 13.8 Å². The van der Waals surface area contributed by atoms with Gasteiger partial charge < -0.3 is 15.4 Å². The molecule has 166 valence electrons. The summed E-state index contributed by atoms with van der Waals surface area (Å²) in [6, 6.07) is 9.45. The third-order valence-corrected chi connectivity index (χ3v) is 5.99. The fourth-order valence-electron chi connectivity index (χ4n) is 4.36. The lowest BCUT2D eigenvalue weighted by Crippen LogP contribution is -2.21. The van der Waals surface area contributed by atoms with Gasteiger partial charge in [-0.25, -0.2) is 4.68 Å². The summed E-state index contributed by atoms with van der Waals surface area (Å²) in [5.41, 5.74) is 10.4. The first-order chi connectivity index (χ1) is 14.8. The highest BCUT2D eigenvalue weighted by atomic mass is 16.3. The van der Waals surface area contributed by atoms with Gasteiger partial charge in [0.25, 0.3) is 11.5 Å². The zero-order chi connectivity index (χ0) is 22.7. The van der Waals surface area contributed by atoms with E-state index >= 15 is 0 Å². The van der Waals surface area contributed by atoms with Crippen LogP contribution in [0.25, 0.3) is 16.8 Å². The first-order valence-electron chi connectivity index (χ1n) is 10.8. The third kappa shape index (κ3) is 3.97. The number of carbonyl (C=O) groups is 1. The second-order valence-corrected chi connectivity index (χ2v) is 7.92. The van der Waals surface area contributed by atoms with Crippen molar-refractivity contribution < 1.29 is 9.90 Å². The van der Waals surface area contributed by atoms with Crippen LogP contribution in [0.3, 0.4) is 0 Å². The molecule has 3 rings (SSSR count). The number of carbonyl (C=O) groups excluding carboxylic acids is 1. The second kappa shape index (κ2) is 9.39. The Kier molecular flexibility index (Phi) is 6.85. The Bertz CT molecular complexity index is 1140. The summed E-state index contributed by atoms with van der Waals surface area (Å²) in [6.07, 6.45) is 3.20. The monoisotopic (exact) mass is 424 g/mol. The molecular formula is C24H32N4O3. The number of nitrogens with zero attached hydrogens (tertiary/aromatic N) is 3. The molecule has 2 aromatic heterocycles. The summed E-state index contributed by atoms with van der Waals surface area (Å²) in [4.78, 5) is 26.2. The maximum atomic E-state index is 13.7. The molecule has 2 heterocycles. The number of nitrogens with two attached hydrogens (primary N) is 1. The number of hydrogen-bond acceptors (Lipinski definition) is 3. The van der Waals surface area contributed by atoms with Gasteiger partial charge in [-0.2, -0.15) is 0 Å². The lowest BCUT2D eigenvalue weighted by atomic mass is 9.98. The minimum atomic E-state index is -0.540. The highest BCUT2D eigenvalue weighted by Gasteiger charge is 2.29. The van der Waals surface area contributed by atoms with Gasteiger partial charge in [0.2, 0.25) is 0 Å². The minimum Gasteiger partial charge on any atom is -0.396 e. The number of aromatic nitrogens is 3. The van der Waals surface area contributed by atoms with Crippen LogP contribution < -0.4 is 11.3 Å². The molecule has 0 aliphatic heterocycles. The van der Waals surface area contributed by atoms with Crippen LogP contribution in [-0.4, -0.2) is 31.6 Å². The Labute approximate surface area is 182 Å². The molecule has 0 atom stereocenters. The molecule has 3 N–H and O–H groups in total. The first-order valence-corrected chi connectivity index (χ1v) is 10.8. The van der Waals surface area contributed by atoms with Gasteiger partial charge in [-0.3, -0.25) is 14.3 Å². The Morgan fingerprint density at radius 3 is 2.32 bits per heavy atom. The van der Waals surface area contributed by atoms with Crippen LogP contribution in [0.1, 0.15) is 53.6 Å². The van der Waals surface area contributed by atoms with Crippen LogP contribution in [-0.2, 0) is 20.0 Å². The van der Waals surface area contributed by atoms with Crippen molar-refractivity contribution in [2.75, 3.05) is 6.61 Å². The summed E-state index contributed by atoms with van der Waals surface area (Å²) in [6.45, 7) is 6.49. The van der Waals surface area contributed by atoms with E-state index in [-0.39, 0.29) is 12.2 Å². The molecule has 31 heavy (non-hydrogen) atoms. The minimum absolute atomic E-state index is 0.0528. The number of amides is 1. The molecule has 1 amide bonds. The molecule has 0 fully saturated rings. The molecule has 0 aliphatic rings. The summed E-state index contributed by atoms with van der Waals surface area (Å²) < 4.78 is 5.50. The molecule has 0 radical (unpaired) electrons. The highest BCUT2D eigenvalue weighted by Crippen LogP contribution is 2.34. The van der Waals surface area contributed by atoms with Crippen molar-refractivity contribution in [3.05, 3.63) is 63.3 Å². The number of primary amides is 1. The van der Waals surface area contributed by atoms with E-state index in [9.17, 15) is 14.7 Å². The van der Waals surface area contributed by atoms with E-state index in [4.69, 9.17) is 5.73 Å². The molecule has 0 spiro atoms. The Morgan fingerprint density at radius 2 is 1.74 bits per heavy atom. The van der Waals surface area contributed by atoms with E-state index in [0.717, 1.165) is 42.0 Å². The zero-order valence-electron chi connectivity index (χ0n) is 18.8. The number of para-hydroxylation sites is 1. The molecule has 7 nitrogen and oxygen atoms in total. The normalized spacial score (nSPS) is 11.3. The van der Waals surface area contributed by atoms with Gasteiger partial charge in [0.1, 0.15) is 0 Å². The van der Waals surface area contributed by atoms with Gasteiger partial charge in [-0.1, -0.05) is 31.5 Å². The summed E-state index contributed by atoms with van der Waals surface area (Å²) in [5, 5.41) is 9.38. The largest absolute Gasteiger partial charge is 0.396 e. The van der Waals surface area contributed by atoms with Gasteiger partial charge in [0.05, 0.1) is 16.8 Å². The first kappa shape index (κ1) is 22.6. The molecular weight excluding hydrogens is 392 g/mol. The van der Waals surface area contributed by atoms with Gasteiger partial charge in [-0.15, -0.1) is 0 Å². The number of aliphatic hydroxyl groups is 1. The van der Waals surface area contributed by atoms with Crippen LogP contribution in [0.4, 0.5) is 0 Å². The van der Waals surface area contributed by atoms with Crippen molar-refractivity contribution in [3.63, 3.8) is 0 Å². The number of benzene rings is 1. The summed E-state index contributed by atoms with van der Waals surface area (Å²) >= 11 is 0. The second-order valence-electron chi connectivity index (χ2n) is 7.92. The number of unbranched alkanes of at least 4 members (excludes halogenated alkanes) is 1. The van der Waals surface area contributed by atoms with E-state index in [0.29, 0.717) is 29.7 Å². The molecule has 1 aromatic carbocycles. The Morgan fingerprint density at radius 1 is 1.06 bits per heavy atom. The number of rotatable bonds is 9. The maximum Gasteiger partial charge on any atom is 0.279 e. The van der Waals surface area contributed by atoms with E-state index in [2.05, 4.69) is 11.5 Å². The van der Waals surface area contributed by atoms with Crippen molar-refractivity contribution in [2.24, 2.45) is 12.8 Å². The Hall–Kier alpha value is -3.06. The van der Waals surface area contributed by atoms with Crippen molar-refractivity contribution in [1.29, 1.82) is 0 Å². The molecule has 0 saturated heterocycles. The molecule has 7 heteroatoms. The molecule has 0 saturated carbocycles. The van der Waals surface area contributed by atoms with Crippen LogP contribution in [0.2, 0.25) is 0 Å². The van der Waals surface area contributed by atoms with Crippen LogP contribution >= 0.6 is 0 Å². The topological polar surface area (TPSA) is 95.2 Å². The fraction of sp³-hybridized carbons (Fsp3) is 0.417. The quantitative estimate of drug-likeness (QED) is 0.553. The van der Waals surface area contributed by atoms with Gasteiger partial charge in [0.15, 0.2) is 0 Å². The smallest absolute Gasteiger partial charge is 0.279 e.